The molecule has 0 aromatic heterocycles. The molecule has 2 rings (SSSR count). The molecule has 1 heterocycles. The Morgan fingerprint density at radius 1 is 1.29 bits per heavy atom. The number of piperazine rings is 1. The van der Waals surface area contributed by atoms with Crippen molar-refractivity contribution in [2.45, 2.75) is 6.92 Å². The van der Waals surface area contributed by atoms with Crippen molar-refractivity contribution in [3.8, 4) is 0 Å². The highest BCUT2D eigenvalue weighted by molar-refractivity contribution is 7.80. The number of likely N-dealkylation sites (N-methyl/N-ethyl adjacent to an activating group) is 1. The van der Waals surface area contributed by atoms with Crippen molar-refractivity contribution in [3.63, 3.8) is 0 Å². The maximum Gasteiger partial charge on any atom is 0.173 e. The summed E-state index contributed by atoms with van der Waals surface area (Å²) in [6.07, 6.45) is 0. The molecule has 1 aromatic rings. The van der Waals surface area contributed by atoms with E-state index in [1.54, 1.807) is 4.90 Å². The maximum atomic E-state index is 5.46. The Kier molecular flexibility index (Phi) is 3.97. The highest BCUT2D eigenvalue weighted by atomic mass is 32.1. The number of para-hydroxylation sites is 1. The summed E-state index contributed by atoms with van der Waals surface area (Å²) in [5.41, 5.74) is 2.35. The van der Waals surface area contributed by atoms with Crippen LogP contribution in [0.4, 0.5) is 5.69 Å². The minimum Gasteiger partial charge on any atom is -0.338 e. The molecule has 0 aliphatic carbocycles. The second-order valence-corrected chi connectivity index (χ2v) is 5.08. The summed E-state index contributed by atoms with van der Waals surface area (Å²) in [6.45, 7) is 6.51. The van der Waals surface area contributed by atoms with Gasteiger partial charge < -0.3 is 15.1 Å². The molecule has 1 saturated heterocycles. The van der Waals surface area contributed by atoms with Gasteiger partial charge in [-0.05, 0) is 30.8 Å². The van der Waals surface area contributed by atoms with Gasteiger partial charge in [-0.1, -0.05) is 18.2 Å². The number of aryl methyl sites for hydroxylation is 1. The second kappa shape index (κ2) is 5.47. The van der Waals surface area contributed by atoms with Crippen molar-refractivity contribution in [1.29, 1.82) is 0 Å². The van der Waals surface area contributed by atoms with Crippen LogP contribution in [0.15, 0.2) is 24.3 Å². The standard InChI is InChI=1S/C13H19N3S/c1-11-5-3-4-6-12(11)14-13(17)16-9-7-15(2)8-10-16/h3-6H,7-10H2,1-2H3,(H,14,17)/p+1. The molecule has 3 nitrogen and oxygen atoms in total. The lowest BCUT2D eigenvalue weighted by molar-refractivity contribution is -0.883. The van der Waals surface area contributed by atoms with E-state index in [0.717, 1.165) is 37.0 Å². The summed E-state index contributed by atoms with van der Waals surface area (Å²) in [5.74, 6) is 0. The predicted molar refractivity (Wildman–Crippen MR) is 75.6 cm³/mol. The third kappa shape index (κ3) is 3.17. The zero-order valence-electron chi connectivity index (χ0n) is 10.5. The lowest BCUT2D eigenvalue weighted by Crippen LogP contribution is -3.12. The van der Waals surface area contributed by atoms with Crippen LogP contribution in [0.2, 0.25) is 0 Å². The van der Waals surface area contributed by atoms with E-state index < -0.39 is 0 Å². The van der Waals surface area contributed by atoms with E-state index in [9.17, 15) is 0 Å². The summed E-state index contributed by atoms with van der Waals surface area (Å²) >= 11 is 5.46. The minimum absolute atomic E-state index is 0.854. The molecule has 0 atom stereocenters. The van der Waals surface area contributed by atoms with Crippen LogP contribution in [0.5, 0.6) is 0 Å². The van der Waals surface area contributed by atoms with Crippen LogP contribution in [-0.2, 0) is 0 Å². The SMILES string of the molecule is Cc1ccccc1NC(=S)N1CC[NH+](C)CC1. The van der Waals surface area contributed by atoms with Crippen LogP contribution in [0.1, 0.15) is 5.56 Å². The van der Waals surface area contributed by atoms with E-state index in [1.807, 2.05) is 12.1 Å². The van der Waals surface area contributed by atoms with Crippen LogP contribution in [0.25, 0.3) is 0 Å². The van der Waals surface area contributed by atoms with Crippen molar-refractivity contribution < 1.29 is 4.90 Å². The summed E-state index contributed by atoms with van der Waals surface area (Å²) in [5, 5.41) is 4.20. The monoisotopic (exact) mass is 250 g/mol. The second-order valence-electron chi connectivity index (χ2n) is 4.69. The smallest absolute Gasteiger partial charge is 0.173 e. The van der Waals surface area contributed by atoms with Gasteiger partial charge in [0.2, 0.25) is 0 Å². The first-order valence-electron chi connectivity index (χ1n) is 6.09. The van der Waals surface area contributed by atoms with E-state index in [0.29, 0.717) is 0 Å². The Hall–Kier alpha value is -1.13. The van der Waals surface area contributed by atoms with E-state index >= 15 is 0 Å². The third-order valence-electron chi connectivity index (χ3n) is 3.29. The third-order valence-corrected chi connectivity index (χ3v) is 3.65. The van der Waals surface area contributed by atoms with Gasteiger partial charge in [0.1, 0.15) is 0 Å². The number of benzene rings is 1. The molecule has 1 aliphatic heterocycles. The average molecular weight is 250 g/mol. The number of nitrogens with zero attached hydrogens (tertiary/aromatic N) is 1. The fourth-order valence-corrected chi connectivity index (χ4v) is 2.29. The highest BCUT2D eigenvalue weighted by Gasteiger charge is 2.18. The lowest BCUT2D eigenvalue weighted by Gasteiger charge is -2.32. The normalized spacial score (nSPS) is 16.9. The van der Waals surface area contributed by atoms with Gasteiger partial charge in [0.05, 0.1) is 33.2 Å². The lowest BCUT2D eigenvalue weighted by atomic mass is 10.2. The Bertz CT molecular complexity index is 397. The van der Waals surface area contributed by atoms with Crippen LogP contribution in [0.3, 0.4) is 0 Å². The Morgan fingerprint density at radius 3 is 2.59 bits per heavy atom. The van der Waals surface area contributed by atoms with Gasteiger partial charge in [0.25, 0.3) is 0 Å². The number of hydrogen-bond acceptors (Lipinski definition) is 1. The molecule has 17 heavy (non-hydrogen) atoms. The number of nitrogens with one attached hydrogen (secondary N) is 2. The van der Waals surface area contributed by atoms with Crippen LogP contribution < -0.4 is 10.2 Å². The molecule has 92 valence electrons. The fraction of sp³-hybridized carbons (Fsp3) is 0.462. The van der Waals surface area contributed by atoms with E-state index in [4.69, 9.17) is 12.2 Å². The molecule has 0 radical (unpaired) electrons. The van der Waals surface area contributed by atoms with Crippen molar-refractivity contribution in [3.05, 3.63) is 29.8 Å². The minimum atomic E-state index is 0.854. The Balaban J connectivity index is 1.95. The zero-order valence-corrected chi connectivity index (χ0v) is 11.3. The van der Waals surface area contributed by atoms with Crippen LogP contribution >= 0.6 is 12.2 Å². The molecule has 0 bridgehead atoms. The van der Waals surface area contributed by atoms with Gasteiger partial charge in [0, 0.05) is 5.69 Å². The van der Waals surface area contributed by atoms with E-state index in [-0.39, 0.29) is 0 Å². The fourth-order valence-electron chi connectivity index (χ4n) is 2.00. The van der Waals surface area contributed by atoms with Gasteiger partial charge in [-0.2, -0.15) is 0 Å². The number of rotatable bonds is 1. The van der Waals surface area contributed by atoms with Gasteiger partial charge >= 0.3 is 0 Å². The molecule has 0 unspecified atom stereocenters. The number of thiocarbonyl (C=S) groups is 1. The summed E-state index contributed by atoms with van der Waals surface area (Å²) in [4.78, 5) is 3.84. The summed E-state index contributed by atoms with van der Waals surface area (Å²) in [7, 11) is 2.23. The summed E-state index contributed by atoms with van der Waals surface area (Å²) < 4.78 is 0. The van der Waals surface area contributed by atoms with Crippen molar-refractivity contribution in [1.82, 2.24) is 4.90 Å². The molecular formula is C13H20N3S+. The van der Waals surface area contributed by atoms with E-state index in [2.05, 4.69) is 36.3 Å². The van der Waals surface area contributed by atoms with Crippen molar-refractivity contribution in [2.75, 3.05) is 38.5 Å². The van der Waals surface area contributed by atoms with Gasteiger partial charge in [-0.15, -0.1) is 0 Å². The average Bonchev–Trinajstić information content (AvgIpc) is 2.33. The maximum absolute atomic E-state index is 5.46. The van der Waals surface area contributed by atoms with E-state index in [1.165, 1.54) is 5.56 Å². The Labute approximate surface area is 108 Å². The molecule has 0 amide bonds. The quantitative estimate of drug-likeness (QED) is 0.709. The molecule has 2 N–H and O–H groups in total. The predicted octanol–water partition coefficient (Wildman–Crippen LogP) is 0.522. The number of hydrogen-bond donors (Lipinski definition) is 2. The first-order chi connectivity index (χ1) is 8.16. The first kappa shape index (κ1) is 12.3. The molecule has 1 aromatic carbocycles. The largest absolute Gasteiger partial charge is 0.338 e. The van der Waals surface area contributed by atoms with Crippen LogP contribution in [-0.4, -0.2) is 43.2 Å². The zero-order chi connectivity index (χ0) is 12.3. The molecular weight excluding hydrogens is 230 g/mol. The molecule has 0 spiro atoms. The van der Waals surface area contributed by atoms with Gasteiger partial charge in [-0.3, -0.25) is 0 Å². The number of anilines is 1. The highest BCUT2D eigenvalue weighted by Crippen LogP contribution is 2.13. The molecule has 4 heteroatoms. The molecule has 0 saturated carbocycles. The molecule has 1 aliphatic rings. The van der Waals surface area contributed by atoms with Gasteiger partial charge in [-0.25, -0.2) is 0 Å². The van der Waals surface area contributed by atoms with Crippen LogP contribution in [0, 0.1) is 6.92 Å². The Morgan fingerprint density at radius 2 is 1.94 bits per heavy atom. The topological polar surface area (TPSA) is 19.7 Å². The number of quaternary nitrogens is 1. The van der Waals surface area contributed by atoms with Gasteiger partial charge in [0.15, 0.2) is 5.11 Å². The first-order valence-corrected chi connectivity index (χ1v) is 6.50. The molecule has 1 fully saturated rings. The van der Waals surface area contributed by atoms with Crippen molar-refractivity contribution in [2.24, 2.45) is 0 Å². The summed E-state index contributed by atoms with van der Waals surface area (Å²) in [6, 6.07) is 8.25. The van der Waals surface area contributed by atoms with Crippen molar-refractivity contribution >= 4 is 23.0 Å².